The lowest BCUT2D eigenvalue weighted by Crippen LogP contribution is -3.15. The molecule has 29 heavy (non-hydrogen) atoms. The molecule has 1 fully saturated rings. The van der Waals surface area contributed by atoms with Gasteiger partial charge < -0.3 is 19.9 Å². The fraction of sp³-hybridized carbons (Fsp3) is 0.364. The van der Waals surface area contributed by atoms with Crippen LogP contribution < -0.4 is 15.0 Å². The maximum Gasteiger partial charge on any atom is 0.242 e. The van der Waals surface area contributed by atoms with E-state index in [0.717, 1.165) is 30.9 Å². The van der Waals surface area contributed by atoms with Crippen molar-refractivity contribution in [3.05, 3.63) is 65.2 Å². The van der Waals surface area contributed by atoms with E-state index < -0.39 is 0 Å². The van der Waals surface area contributed by atoms with Crippen molar-refractivity contribution in [2.24, 2.45) is 0 Å². The Morgan fingerprint density at radius 1 is 1.03 bits per heavy atom. The Balaban J connectivity index is 1.30. The van der Waals surface area contributed by atoms with Gasteiger partial charge in [-0.25, -0.2) is 0 Å². The zero-order valence-electron chi connectivity index (χ0n) is 16.4. The molecule has 1 saturated heterocycles. The first kappa shape index (κ1) is 21.1. The van der Waals surface area contributed by atoms with Crippen LogP contribution in [-0.2, 0) is 16.0 Å². The molecule has 2 amide bonds. The number of carbonyl (C=O) groups is 2. The van der Waals surface area contributed by atoms with Crippen LogP contribution in [0.15, 0.2) is 54.6 Å². The third-order valence-corrected chi connectivity index (χ3v) is 5.26. The first-order valence-electron chi connectivity index (χ1n) is 9.90. The second-order valence-electron chi connectivity index (χ2n) is 7.12. The van der Waals surface area contributed by atoms with E-state index in [-0.39, 0.29) is 18.4 Å². The molecule has 2 aromatic rings. The number of hydrogen-bond donors (Lipinski definition) is 2. The summed E-state index contributed by atoms with van der Waals surface area (Å²) in [6.07, 6.45) is 0.291. The highest BCUT2D eigenvalue weighted by atomic mass is 35.5. The van der Waals surface area contributed by atoms with Crippen molar-refractivity contribution < 1.29 is 19.2 Å². The van der Waals surface area contributed by atoms with Gasteiger partial charge in [-0.1, -0.05) is 41.9 Å². The molecule has 0 spiro atoms. The smallest absolute Gasteiger partial charge is 0.242 e. The molecule has 0 aliphatic carbocycles. The Morgan fingerprint density at radius 2 is 1.72 bits per heavy atom. The molecule has 0 radical (unpaired) electrons. The molecule has 0 saturated carbocycles. The molecule has 0 atom stereocenters. The number of amides is 2. The van der Waals surface area contributed by atoms with E-state index >= 15 is 0 Å². The van der Waals surface area contributed by atoms with Crippen LogP contribution in [-0.4, -0.2) is 62.6 Å². The summed E-state index contributed by atoms with van der Waals surface area (Å²) in [5.41, 5.74) is 0.940. The average molecular weight is 417 g/mol. The number of ether oxygens (including phenoxy) is 1. The molecular weight excluding hydrogens is 390 g/mol. The first-order chi connectivity index (χ1) is 14.1. The van der Waals surface area contributed by atoms with E-state index in [2.05, 4.69) is 5.32 Å². The molecule has 2 aromatic carbocycles. The summed E-state index contributed by atoms with van der Waals surface area (Å²) in [5.74, 6) is 0.657. The molecule has 154 valence electrons. The van der Waals surface area contributed by atoms with Crippen molar-refractivity contribution in [3.63, 3.8) is 0 Å². The Kier molecular flexibility index (Phi) is 7.90. The van der Waals surface area contributed by atoms with Crippen LogP contribution in [0.1, 0.15) is 5.56 Å². The number of nitrogens with zero attached hydrogens (tertiary/aromatic N) is 1. The number of rotatable bonds is 8. The highest BCUT2D eigenvalue weighted by Crippen LogP contribution is 2.15. The van der Waals surface area contributed by atoms with Gasteiger partial charge in [-0.15, -0.1) is 0 Å². The summed E-state index contributed by atoms with van der Waals surface area (Å²) < 4.78 is 5.74. The number of carbonyl (C=O) groups excluding carboxylic acids is 2. The molecule has 6 nitrogen and oxygen atoms in total. The second-order valence-corrected chi connectivity index (χ2v) is 7.56. The van der Waals surface area contributed by atoms with E-state index in [1.54, 1.807) is 0 Å². The van der Waals surface area contributed by atoms with E-state index in [1.165, 1.54) is 4.90 Å². The Hall–Kier alpha value is -2.57. The standard InChI is InChI=1S/C22H26ClN3O3/c23-19-6-8-20(9-7-19)29-15-14-25-10-12-26(13-11-25)22(28)17-24-21(27)16-18-4-2-1-3-5-18/h1-9H,10-17H2,(H,24,27)/p+1. The van der Waals surface area contributed by atoms with Crippen molar-refractivity contribution >= 4 is 23.4 Å². The predicted octanol–water partition coefficient (Wildman–Crippen LogP) is 0.805. The summed E-state index contributed by atoms with van der Waals surface area (Å²) in [5, 5.41) is 3.42. The van der Waals surface area contributed by atoms with Crippen molar-refractivity contribution in [1.82, 2.24) is 10.2 Å². The molecule has 0 unspecified atom stereocenters. The lowest BCUT2D eigenvalue weighted by Gasteiger charge is -2.32. The van der Waals surface area contributed by atoms with Crippen LogP contribution in [0.5, 0.6) is 5.75 Å². The van der Waals surface area contributed by atoms with Gasteiger partial charge in [-0.2, -0.15) is 0 Å². The van der Waals surface area contributed by atoms with Gasteiger partial charge in [0.2, 0.25) is 11.8 Å². The van der Waals surface area contributed by atoms with E-state index in [4.69, 9.17) is 16.3 Å². The summed E-state index contributed by atoms with van der Waals surface area (Å²) >= 11 is 5.87. The Morgan fingerprint density at radius 3 is 2.41 bits per heavy atom. The van der Waals surface area contributed by atoms with Crippen LogP contribution in [0.25, 0.3) is 0 Å². The third-order valence-electron chi connectivity index (χ3n) is 5.01. The van der Waals surface area contributed by atoms with Crippen molar-refractivity contribution in [1.29, 1.82) is 0 Å². The number of hydrogen-bond acceptors (Lipinski definition) is 3. The summed E-state index contributed by atoms with van der Waals surface area (Å²) in [6.45, 7) is 4.73. The maximum atomic E-state index is 12.4. The van der Waals surface area contributed by atoms with Gasteiger partial charge in [0.25, 0.3) is 0 Å². The molecule has 3 rings (SSSR count). The van der Waals surface area contributed by atoms with Gasteiger partial charge in [0.1, 0.15) is 18.9 Å². The Bertz CT molecular complexity index is 791. The van der Waals surface area contributed by atoms with Crippen LogP contribution in [0.3, 0.4) is 0 Å². The molecule has 1 aliphatic heterocycles. The zero-order valence-corrected chi connectivity index (χ0v) is 17.2. The zero-order chi connectivity index (χ0) is 20.5. The highest BCUT2D eigenvalue weighted by Gasteiger charge is 2.23. The lowest BCUT2D eigenvalue weighted by molar-refractivity contribution is -0.904. The molecule has 0 bridgehead atoms. The molecule has 0 aromatic heterocycles. The number of quaternary nitrogens is 1. The fourth-order valence-corrected chi connectivity index (χ4v) is 3.42. The quantitative estimate of drug-likeness (QED) is 0.669. The van der Waals surface area contributed by atoms with Crippen LogP contribution in [0.2, 0.25) is 5.02 Å². The van der Waals surface area contributed by atoms with Crippen LogP contribution in [0, 0.1) is 0 Å². The minimum absolute atomic E-state index is 0.0251. The fourth-order valence-electron chi connectivity index (χ4n) is 3.30. The van der Waals surface area contributed by atoms with E-state index in [9.17, 15) is 9.59 Å². The number of halogens is 1. The van der Waals surface area contributed by atoms with Crippen molar-refractivity contribution in [2.45, 2.75) is 6.42 Å². The van der Waals surface area contributed by atoms with E-state index in [0.29, 0.717) is 31.1 Å². The summed E-state index contributed by atoms with van der Waals surface area (Å²) in [7, 11) is 0. The minimum Gasteiger partial charge on any atom is -0.488 e. The predicted molar refractivity (Wildman–Crippen MR) is 112 cm³/mol. The van der Waals surface area contributed by atoms with Crippen molar-refractivity contribution in [3.8, 4) is 5.75 Å². The SMILES string of the molecule is O=C(Cc1ccccc1)NCC(=O)N1CC[NH+](CCOc2ccc(Cl)cc2)CC1. The van der Waals surface area contributed by atoms with Gasteiger partial charge in [-0.05, 0) is 29.8 Å². The summed E-state index contributed by atoms with van der Waals surface area (Å²) in [4.78, 5) is 27.6. The van der Waals surface area contributed by atoms with Gasteiger partial charge in [0.15, 0.2) is 0 Å². The topological polar surface area (TPSA) is 63.1 Å². The van der Waals surface area contributed by atoms with E-state index in [1.807, 2.05) is 59.5 Å². The molecular formula is C22H27ClN3O3+. The highest BCUT2D eigenvalue weighted by molar-refractivity contribution is 6.30. The first-order valence-corrected chi connectivity index (χ1v) is 10.3. The largest absolute Gasteiger partial charge is 0.488 e. The van der Waals surface area contributed by atoms with Gasteiger partial charge in [-0.3, -0.25) is 9.59 Å². The van der Waals surface area contributed by atoms with Crippen molar-refractivity contribution in [2.75, 3.05) is 45.9 Å². The Labute approximate surface area is 176 Å². The number of nitrogens with one attached hydrogen (secondary N) is 2. The maximum absolute atomic E-state index is 12.4. The monoisotopic (exact) mass is 416 g/mol. The molecule has 1 heterocycles. The number of piperazine rings is 1. The van der Waals surface area contributed by atoms with Gasteiger partial charge >= 0.3 is 0 Å². The molecule has 7 heteroatoms. The number of benzene rings is 2. The summed E-state index contributed by atoms with van der Waals surface area (Å²) in [6, 6.07) is 16.9. The van der Waals surface area contributed by atoms with Crippen LogP contribution in [0.4, 0.5) is 0 Å². The molecule has 2 N–H and O–H groups in total. The second kappa shape index (κ2) is 10.8. The van der Waals surface area contributed by atoms with Crippen LogP contribution >= 0.6 is 11.6 Å². The lowest BCUT2D eigenvalue weighted by atomic mass is 10.1. The van der Waals surface area contributed by atoms with Gasteiger partial charge in [0, 0.05) is 5.02 Å². The van der Waals surface area contributed by atoms with Gasteiger partial charge in [0.05, 0.1) is 39.1 Å². The third kappa shape index (κ3) is 7.07. The minimum atomic E-state index is -0.131. The normalized spacial score (nSPS) is 14.4. The molecule has 1 aliphatic rings. The average Bonchev–Trinajstić information content (AvgIpc) is 2.75.